The zero-order chi connectivity index (χ0) is 14.3. The zero-order valence-corrected chi connectivity index (χ0v) is 11.6. The molecule has 0 heterocycles. The monoisotopic (exact) mass is 260 g/mol. The fourth-order valence-electron chi connectivity index (χ4n) is 1.41. The van der Waals surface area contributed by atoms with Gasteiger partial charge >= 0.3 is 6.03 Å². The molecule has 4 heteroatoms. The van der Waals surface area contributed by atoms with Crippen LogP contribution in [0.15, 0.2) is 24.3 Å². The third kappa shape index (κ3) is 6.49. The number of hydrogen-bond donors (Lipinski definition) is 3. The third-order valence-corrected chi connectivity index (χ3v) is 2.21. The number of carbonyl (C=O) groups is 1. The Bertz CT molecular complexity index is 476. The summed E-state index contributed by atoms with van der Waals surface area (Å²) in [4.78, 5) is 11.6. The predicted molar refractivity (Wildman–Crippen MR) is 75.5 cm³/mol. The van der Waals surface area contributed by atoms with Gasteiger partial charge < -0.3 is 15.7 Å². The Kier molecular flexibility index (Phi) is 5.40. The minimum atomic E-state index is -0.242. The van der Waals surface area contributed by atoms with E-state index in [0.29, 0.717) is 6.54 Å². The molecule has 1 aromatic rings. The molecule has 2 amide bonds. The van der Waals surface area contributed by atoms with E-state index in [1.54, 1.807) is 0 Å². The van der Waals surface area contributed by atoms with E-state index in [1.165, 1.54) is 0 Å². The average molecular weight is 260 g/mol. The molecule has 0 atom stereocenters. The topological polar surface area (TPSA) is 61.4 Å². The Morgan fingerprint density at radius 1 is 1.26 bits per heavy atom. The van der Waals surface area contributed by atoms with Gasteiger partial charge in [-0.05, 0) is 38.5 Å². The number of carbonyl (C=O) groups excluding carboxylic acids is 1. The largest absolute Gasteiger partial charge is 0.384 e. The van der Waals surface area contributed by atoms with Crippen LogP contribution in [0.1, 0.15) is 31.9 Å². The van der Waals surface area contributed by atoms with Crippen LogP contribution in [0.4, 0.5) is 4.79 Å². The van der Waals surface area contributed by atoms with Gasteiger partial charge in [0, 0.05) is 17.6 Å². The predicted octanol–water partition coefficient (Wildman–Crippen LogP) is 1.63. The third-order valence-electron chi connectivity index (χ3n) is 2.21. The van der Waals surface area contributed by atoms with Crippen molar-refractivity contribution in [3.8, 4) is 11.8 Å². The fourth-order valence-corrected chi connectivity index (χ4v) is 1.41. The summed E-state index contributed by atoms with van der Waals surface area (Å²) in [6.07, 6.45) is 0. The Labute approximate surface area is 114 Å². The van der Waals surface area contributed by atoms with Crippen molar-refractivity contribution in [3.63, 3.8) is 0 Å². The van der Waals surface area contributed by atoms with E-state index in [1.807, 2.05) is 45.0 Å². The number of urea groups is 1. The van der Waals surface area contributed by atoms with Crippen molar-refractivity contribution in [2.45, 2.75) is 32.9 Å². The van der Waals surface area contributed by atoms with Crippen molar-refractivity contribution in [1.29, 1.82) is 0 Å². The summed E-state index contributed by atoms with van der Waals surface area (Å²) in [6, 6.07) is 7.34. The molecule has 0 aliphatic carbocycles. The first kappa shape index (κ1) is 15.1. The van der Waals surface area contributed by atoms with Gasteiger partial charge in [-0.25, -0.2) is 4.79 Å². The molecule has 3 N–H and O–H groups in total. The first-order valence-electron chi connectivity index (χ1n) is 6.15. The van der Waals surface area contributed by atoms with Crippen LogP contribution in [-0.4, -0.2) is 23.3 Å². The van der Waals surface area contributed by atoms with Gasteiger partial charge in [-0.1, -0.05) is 24.0 Å². The number of rotatable bonds is 2. The summed E-state index contributed by atoms with van der Waals surface area (Å²) < 4.78 is 0. The summed E-state index contributed by atoms with van der Waals surface area (Å²) in [6.45, 7) is 6.12. The highest BCUT2D eigenvalue weighted by atomic mass is 16.2. The van der Waals surface area contributed by atoms with Crippen LogP contribution in [0.25, 0.3) is 0 Å². The molecule has 0 fully saturated rings. The van der Waals surface area contributed by atoms with E-state index in [4.69, 9.17) is 5.11 Å². The van der Waals surface area contributed by atoms with Crippen LogP contribution in [0.2, 0.25) is 0 Å². The van der Waals surface area contributed by atoms with Crippen LogP contribution in [0, 0.1) is 11.8 Å². The molecule has 1 aromatic carbocycles. The van der Waals surface area contributed by atoms with Gasteiger partial charge in [0.15, 0.2) is 0 Å². The maximum atomic E-state index is 11.6. The van der Waals surface area contributed by atoms with Crippen LogP contribution < -0.4 is 10.6 Å². The smallest absolute Gasteiger partial charge is 0.315 e. The highest BCUT2D eigenvalue weighted by Gasteiger charge is 2.12. The molecule has 0 aliphatic heterocycles. The SMILES string of the molecule is CC(C)(C)NC(=O)NCc1ccc(C#CCO)cc1. The number of amides is 2. The molecule has 0 spiro atoms. The number of aliphatic hydroxyl groups excluding tert-OH is 1. The first-order valence-corrected chi connectivity index (χ1v) is 6.15. The summed E-state index contributed by atoms with van der Waals surface area (Å²) in [5.74, 6) is 5.40. The number of aliphatic hydroxyl groups is 1. The maximum Gasteiger partial charge on any atom is 0.315 e. The highest BCUT2D eigenvalue weighted by molar-refractivity contribution is 5.74. The molecule has 0 saturated heterocycles. The Hall–Kier alpha value is -1.99. The van der Waals surface area contributed by atoms with E-state index in [2.05, 4.69) is 22.5 Å². The second kappa shape index (κ2) is 6.81. The molecule has 0 unspecified atom stereocenters. The summed E-state index contributed by atoms with van der Waals surface area (Å²) in [7, 11) is 0. The molecule has 1 rings (SSSR count). The van der Waals surface area contributed by atoms with E-state index in [9.17, 15) is 4.79 Å². The molecule has 0 saturated carbocycles. The van der Waals surface area contributed by atoms with Crippen molar-refractivity contribution >= 4 is 6.03 Å². The van der Waals surface area contributed by atoms with Crippen LogP contribution in [0.5, 0.6) is 0 Å². The van der Waals surface area contributed by atoms with Crippen molar-refractivity contribution in [2.75, 3.05) is 6.61 Å². The van der Waals surface area contributed by atoms with E-state index in [0.717, 1.165) is 11.1 Å². The van der Waals surface area contributed by atoms with Gasteiger partial charge in [0.25, 0.3) is 0 Å². The summed E-state index contributed by atoms with van der Waals surface area (Å²) >= 11 is 0. The average Bonchev–Trinajstić information content (AvgIpc) is 2.33. The zero-order valence-electron chi connectivity index (χ0n) is 11.6. The number of nitrogens with one attached hydrogen (secondary N) is 2. The summed E-state index contributed by atoms with van der Waals surface area (Å²) in [5.41, 5.74) is 1.60. The first-order chi connectivity index (χ1) is 8.90. The maximum absolute atomic E-state index is 11.6. The Morgan fingerprint density at radius 2 is 1.89 bits per heavy atom. The lowest BCUT2D eigenvalue weighted by atomic mass is 10.1. The molecular weight excluding hydrogens is 240 g/mol. The molecule has 0 radical (unpaired) electrons. The Morgan fingerprint density at radius 3 is 2.42 bits per heavy atom. The minimum Gasteiger partial charge on any atom is -0.384 e. The normalized spacial score (nSPS) is 10.3. The number of hydrogen-bond acceptors (Lipinski definition) is 2. The van der Waals surface area contributed by atoms with E-state index < -0.39 is 0 Å². The molecular formula is C15H20N2O2. The number of benzene rings is 1. The molecule has 0 bridgehead atoms. The van der Waals surface area contributed by atoms with Gasteiger partial charge in [-0.15, -0.1) is 0 Å². The minimum absolute atomic E-state index is 0.143. The van der Waals surface area contributed by atoms with Crippen LogP contribution >= 0.6 is 0 Å². The van der Waals surface area contributed by atoms with Gasteiger partial charge in [-0.3, -0.25) is 0 Å². The van der Waals surface area contributed by atoms with Gasteiger partial charge in [0.1, 0.15) is 6.61 Å². The second-order valence-corrected chi connectivity index (χ2v) is 5.21. The quantitative estimate of drug-likeness (QED) is 0.708. The van der Waals surface area contributed by atoms with E-state index >= 15 is 0 Å². The van der Waals surface area contributed by atoms with Crippen LogP contribution in [0.3, 0.4) is 0 Å². The molecule has 19 heavy (non-hydrogen) atoms. The molecule has 0 aliphatic rings. The standard InChI is InChI=1S/C15H20N2O2/c1-15(2,3)17-14(19)16-11-13-8-6-12(7-9-13)5-4-10-18/h6-9,18H,10-11H2,1-3H3,(H2,16,17,19). The van der Waals surface area contributed by atoms with Crippen LogP contribution in [-0.2, 0) is 6.54 Å². The van der Waals surface area contributed by atoms with Crippen molar-refractivity contribution in [3.05, 3.63) is 35.4 Å². The lowest BCUT2D eigenvalue weighted by Crippen LogP contribution is -2.46. The van der Waals surface area contributed by atoms with Crippen molar-refractivity contribution < 1.29 is 9.90 Å². The van der Waals surface area contributed by atoms with Gasteiger partial charge in [-0.2, -0.15) is 0 Å². The summed E-state index contributed by atoms with van der Waals surface area (Å²) in [5, 5.41) is 14.2. The van der Waals surface area contributed by atoms with Crippen molar-refractivity contribution in [2.24, 2.45) is 0 Å². The molecule has 4 nitrogen and oxygen atoms in total. The highest BCUT2D eigenvalue weighted by Crippen LogP contribution is 2.03. The second-order valence-electron chi connectivity index (χ2n) is 5.21. The van der Waals surface area contributed by atoms with E-state index in [-0.39, 0.29) is 18.2 Å². The fraction of sp³-hybridized carbons (Fsp3) is 0.400. The lowest BCUT2D eigenvalue weighted by molar-refractivity contribution is 0.231. The molecule has 0 aromatic heterocycles. The van der Waals surface area contributed by atoms with Gasteiger partial charge in [0.05, 0.1) is 0 Å². The van der Waals surface area contributed by atoms with Crippen molar-refractivity contribution in [1.82, 2.24) is 10.6 Å². The Balaban J connectivity index is 2.48. The molecule has 102 valence electrons. The van der Waals surface area contributed by atoms with Gasteiger partial charge in [0.2, 0.25) is 0 Å². The lowest BCUT2D eigenvalue weighted by Gasteiger charge is -2.20.